The topological polar surface area (TPSA) is 17.1 Å². The summed E-state index contributed by atoms with van der Waals surface area (Å²) in [6, 6.07) is 8.49. The smallest absolute Gasteiger partial charge is 0.298 e. The maximum atomic E-state index is 12.1. The second-order valence-corrected chi connectivity index (χ2v) is 4.21. The maximum absolute atomic E-state index is 12.1. The molecule has 0 aromatic heterocycles. The first kappa shape index (κ1) is 12.7. The SMILES string of the molecule is CC(C)(C(=O)CC(F)(F)F)c1ccccc1. The van der Waals surface area contributed by atoms with Crippen molar-refractivity contribution in [2.75, 3.05) is 0 Å². The van der Waals surface area contributed by atoms with Gasteiger partial charge in [0.1, 0.15) is 6.42 Å². The van der Waals surface area contributed by atoms with Crippen LogP contribution in [0.2, 0.25) is 0 Å². The number of ketones is 1. The monoisotopic (exact) mass is 230 g/mol. The van der Waals surface area contributed by atoms with E-state index in [1.807, 2.05) is 0 Å². The lowest BCUT2D eigenvalue weighted by atomic mass is 9.79. The molecule has 0 spiro atoms. The fourth-order valence-electron chi connectivity index (χ4n) is 1.42. The van der Waals surface area contributed by atoms with E-state index in [1.54, 1.807) is 30.3 Å². The minimum Gasteiger partial charge on any atom is -0.298 e. The van der Waals surface area contributed by atoms with Crippen LogP contribution in [0, 0.1) is 0 Å². The molecule has 0 aliphatic rings. The number of hydrogen-bond acceptors (Lipinski definition) is 1. The van der Waals surface area contributed by atoms with Gasteiger partial charge in [-0.1, -0.05) is 30.3 Å². The first-order valence-electron chi connectivity index (χ1n) is 4.89. The molecule has 0 aliphatic heterocycles. The van der Waals surface area contributed by atoms with Crippen LogP contribution in [0.25, 0.3) is 0 Å². The van der Waals surface area contributed by atoms with Gasteiger partial charge in [0.05, 0.1) is 0 Å². The second kappa shape index (κ2) is 4.28. The summed E-state index contributed by atoms with van der Waals surface area (Å²) in [5.74, 6) is -0.814. The number of carbonyl (C=O) groups is 1. The number of alkyl halides is 3. The Labute approximate surface area is 92.3 Å². The molecule has 1 aromatic carbocycles. The molecule has 0 aliphatic carbocycles. The number of benzene rings is 1. The lowest BCUT2D eigenvalue weighted by Crippen LogP contribution is -2.32. The van der Waals surface area contributed by atoms with E-state index in [0.29, 0.717) is 5.56 Å². The molecule has 0 bridgehead atoms. The minimum absolute atomic E-state index is 0.601. The standard InChI is InChI=1S/C12H13F3O/c1-11(2,9-6-4-3-5-7-9)10(16)8-12(13,14)15/h3-7H,8H2,1-2H3. The molecule has 0 amide bonds. The summed E-state index contributed by atoms with van der Waals surface area (Å²) < 4.78 is 36.4. The normalized spacial score (nSPS) is 12.6. The summed E-state index contributed by atoms with van der Waals surface area (Å²) in [6.07, 6.45) is -5.82. The summed E-state index contributed by atoms with van der Waals surface area (Å²) in [5, 5.41) is 0. The molecular weight excluding hydrogens is 217 g/mol. The van der Waals surface area contributed by atoms with Crippen molar-refractivity contribution >= 4 is 5.78 Å². The van der Waals surface area contributed by atoms with Crippen LogP contribution in [0.3, 0.4) is 0 Å². The van der Waals surface area contributed by atoms with Crippen LogP contribution in [0.4, 0.5) is 13.2 Å². The third-order valence-corrected chi connectivity index (χ3v) is 2.55. The van der Waals surface area contributed by atoms with Gasteiger partial charge in [-0.15, -0.1) is 0 Å². The molecule has 16 heavy (non-hydrogen) atoms. The van der Waals surface area contributed by atoms with E-state index in [0.717, 1.165) is 0 Å². The molecule has 0 atom stereocenters. The molecule has 0 unspecified atom stereocenters. The van der Waals surface area contributed by atoms with Crippen LogP contribution in [0.5, 0.6) is 0 Å². The van der Waals surface area contributed by atoms with Crippen molar-refractivity contribution in [2.45, 2.75) is 31.9 Å². The number of carbonyl (C=O) groups excluding carboxylic acids is 1. The van der Waals surface area contributed by atoms with E-state index in [1.165, 1.54) is 13.8 Å². The highest BCUT2D eigenvalue weighted by Gasteiger charge is 2.38. The minimum atomic E-state index is -4.44. The summed E-state index contributed by atoms with van der Waals surface area (Å²) >= 11 is 0. The van der Waals surface area contributed by atoms with Gasteiger partial charge in [0.2, 0.25) is 0 Å². The molecule has 0 radical (unpaired) electrons. The van der Waals surface area contributed by atoms with E-state index >= 15 is 0 Å². The van der Waals surface area contributed by atoms with E-state index in [-0.39, 0.29) is 0 Å². The van der Waals surface area contributed by atoms with Crippen molar-refractivity contribution in [2.24, 2.45) is 0 Å². The molecular formula is C12H13F3O. The molecule has 0 N–H and O–H groups in total. The fraction of sp³-hybridized carbons (Fsp3) is 0.417. The molecule has 1 rings (SSSR count). The molecule has 88 valence electrons. The van der Waals surface area contributed by atoms with Crippen molar-refractivity contribution in [1.29, 1.82) is 0 Å². The van der Waals surface area contributed by atoms with Gasteiger partial charge in [-0.2, -0.15) is 13.2 Å². The average molecular weight is 230 g/mol. The molecule has 0 heterocycles. The number of halogens is 3. The number of hydrogen-bond donors (Lipinski definition) is 0. The first-order chi connectivity index (χ1) is 7.23. The zero-order valence-electron chi connectivity index (χ0n) is 9.14. The van der Waals surface area contributed by atoms with Gasteiger partial charge < -0.3 is 0 Å². The summed E-state index contributed by atoms with van der Waals surface area (Å²) in [4.78, 5) is 11.6. The van der Waals surface area contributed by atoms with Crippen LogP contribution in [-0.2, 0) is 10.2 Å². The van der Waals surface area contributed by atoms with Gasteiger partial charge in [0.15, 0.2) is 5.78 Å². The van der Waals surface area contributed by atoms with Gasteiger partial charge in [0.25, 0.3) is 0 Å². The summed E-state index contributed by atoms with van der Waals surface area (Å²) in [7, 11) is 0. The van der Waals surface area contributed by atoms with Crippen molar-refractivity contribution in [3.8, 4) is 0 Å². The predicted molar refractivity (Wildman–Crippen MR) is 55.1 cm³/mol. The van der Waals surface area contributed by atoms with Gasteiger partial charge in [-0.3, -0.25) is 4.79 Å². The Bertz CT molecular complexity index is 366. The molecule has 0 saturated heterocycles. The zero-order chi connectivity index (χ0) is 12.4. The van der Waals surface area contributed by atoms with Crippen molar-refractivity contribution in [3.63, 3.8) is 0 Å². The highest BCUT2D eigenvalue weighted by atomic mass is 19.4. The second-order valence-electron chi connectivity index (χ2n) is 4.21. The first-order valence-corrected chi connectivity index (χ1v) is 4.89. The quantitative estimate of drug-likeness (QED) is 0.776. The van der Waals surface area contributed by atoms with E-state index in [4.69, 9.17) is 0 Å². The predicted octanol–water partition coefficient (Wildman–Crippen LogP) is 3.49. The average Bonchev–Trinajstić information content (AvgIpc) is 2.16. The summed E-state index contributed by atoms with van der Waals surface area (Å²) in [5.41, 5.74) is -0.499. The Hall–Kier alpha value is -1.32. The Morgan fingerprint density at radius 1 is 1.12 bits per heavy atom. The number of Topliss-reactive ketones (excluding diaryl/α,β-unsaturated/α-hetero) is 1. The Morgan fingerprint density at radius 3 is 2.06 bits per heavy atom. The zero-order valence-corrected chi connectivity index (χ0v) is 9.14. The largest absolute Gasteiger partial charge is 0.395 e. The van der Waals surface area contributed by atoms with Crippen LogP contribution >= 0.6 is 0 Å². The van der Waals surface area contributed by atoms with Crippen LogP contribution in [-0.4, -0.2) is 12.0 Å². The van der Waals surface area contributed by atoms with Crippen molar-refractivity contribution in [3.05, 3.63) is 35.9 Å². The van der Waals surface area contributed by atoms with Crippen LogP contribution < -0.4 is 0 Å². The lowest BCUT2D eigenvalue weighted by Gasteiger charge is -2.24. The number of rotatable bonds is 3. The van der Waals surface area contributed by atoms with Gasteiger partial charge in [0, 0.05) is 5.41 Å². The molecule has 4 heteroatoms. The van der Waals surface area contributed by atoms with Gasteiger partial charge in [-0.05, 0) is 19.4 Å². The molecule has 1 nitrogen and oxygen atoms in total. The maximum Gasteiger partial charge on any atom is 0.395 e. The van der Waals surface area contributed by atoms with Crippen molar-refractivity contribution < 1.29 is 18.0 Å². The van der Waals surface area contributed by atoms with Crippen LogP contribution in [0.1, 0.15) is 25.8 Å². The lowest BCUT2D eigenvalue weighted by molar-refractivity contribution is -0.155. The highest BCUT2D eigenvalue weighted by Crippen LogP contribution is 2.30. The highest BCUT2D eigenvalue weighted by molar-refractivity contribution is 5.89. The summed E-state index contributed by atoms with van der Waals surface area (Å²) in [6.45, 7) is 3.02. The van der Waals surface area contributed by atoms with Crippen LogP contribution in [0.15, 0.2) is 30.3 Å². The Morgan fingerprint density at radius 2 is 1.62 bits per heavy atom. The molecule has 1 aromatic rings. The fourth-order valence-corrected chi connectivity index (χ4v) is 1.42. The van der Waals surface area contributed by atoms with E-state index in [2.05, 4.69) is 0 Å². The van der Waals surface area contributed by atoms with E-state index < -0.39 is 23.8 Å². The van der Waals surface area contributed by atoms with Gasteiger partial charge in [-0.25, -0.2) is 0 Å². The van der Waals surface area contributed by atoms with E-state index in [9.17, 15) is 18.0 Å². The van der Waals surface area contributed by atoms with Crippen molar-refractivity contribution in [1.82, 2.24) is 0 Å². The third kappa shape index (κ3) is 3.08. The Balaban J connectivity index is 2.90. The Kier molecular flexibility index (Phi) is 3.41. The molecule has 0 fully saturated rings. The molecule has 0 saturated carbocycles. The van der Waals surface area contributed by atoms with Gasteiger partial charge >= 0.3 is 6.18 Å². The third-order valence-electron chi connectivity index (χ3n) is 2.55.